The Labute approximate surface area is 201 Å². The maximum atomic E-state index is 13.2. The van der Waals surface area contributed by atoms with E-state index in [0.717, 1.165) is 25.1 Å². The predicted molar refractivity (Wildman–Crippen MR) is 132 cm³/mol. The third-order valence-electron chi connectivity index (χ3n) is 6.10. The number of hydrogen-bond donors (Lipinski definition) is 1. The Hall–Kier alpha value is -3.32. The quantitative estimate of drug-likeness (QED) is 0.303. The first-order valence-corrected chi connectivity index (χ1v) is 11.8. The van der Waals surface area contributed by atoms with Gasteiger partial charge in [-0.15, -0.1) is 0 Å². The molecule has 0 aromatic heterocycles. The molecule has 7 nitrogen and oxygen atoms in total. The highest BCUT2D eigenvalue weighted by Crippen LogP contribution is 2.40. The zero-order valence-corrected chi connectivity index (χ0v) is 20.4. The molecule has 0 spiro atoms. The van der Waals surface area contributed by atoms with E-state index in [9.17, 15) is 14.7 Å². The third kappa shape index (κ3) is 5.42. The number of ketones is 1. The van der Waals surface area contributed by atoms with E-state index in [4.69, 9.17) is 9.47 Å². The number of Topliss-reactive ketones (excluding diaryl/α,β-unsaturated/α-hetero) is 1. The molecule has 1 aliphatic heterocycles. The number of carbonyl (C=O) groups excluding carboxylic acids is 2. The molecule has 1 amide bonds. The molecule has 1 heterocycles. The van der Waals surface area contributed by atoms with Gasteiger partial charge in [-0.3, -0.25) is 9.59 Å². The van der Waals surface area contributed by atoms with Gasteiger partial charge in [0.1, 0.15) is 17.3 Å². The molecule has 34 heavy (non-hydrogen) atoms. The summed E-state index contributed by atoms with van der Waals surface area (Å²) in [5.41, 5.74) is 1.26. The summed E-state index contributed by atoms with van der Waals surface area (Å²) < 4.78 is 11.0. The molecule has 1 saturated heterocycles. The molecule has 1 N–H and O–H groups in total. The molecule has 7 heteroatoms. The lowest BCUT2D eigenvalue weighted by Gasteiger charge is -2.28. The highest BCUT2D eigenvalue weighted by Gasteiger charge is 2.46. The van der Waals surface area contributed by atoms with Crippen molar-refractivity contribution < 1.29 is 24.2 Å². The summed E-state index contributed by atoms with van der Waals surface area (Å²) >= 11 is 0. The van der Waals surface area contributed by atoms with E-state index in [-0.39, 0.29) is 11.3 Å². The van der Waals surface area contributed by atoms with Crippen molar-refractivity contribution >= 4 is 17.4 Å². The number of benzene rings is 2. The lowest BCUT2D eigenvalue weighted by molar-refractivity contribution is -0.140. The highest BCUT2D eigenvalue weighted by molar-refractivity contribution is 6.46. The molecule has 2 aromatic rings. The van der Waals surface area contributed by atoms with Crippen LogP contribution in [0.1, 0.15) is 44.4 Å². The van der Waals surface area contributed by atoms with E-state index >= 15 is 0 Å². The van der Waals surface area contributed by atoms with Gasteiger partial charge in [0.2, 0.25) is 0 Å². The number of nitrogens with zero attached hydrogens (tertiary/aromatic N) is 2. The second-order valence-corrected chi connectivity index (χ2v) is 8.17. The molecule has 1 fully saturated rings. The first-order chi connectivity index (χ1) is 16.4. The minimum Gasteiger partial charge on any atom is -0.507 e. The van der Waals surface area contributed by atoms with Crippen LogP contribution in [-0.2, 0) is 9.59 Å². The first-order valence-electron chi connectivity index (χ1n) is 11.8. The highest BCUT2D eigenvalue weighted by atomic mass is 16.5. The molecule has 0 saturated carbocycles. The number of carbonyl (C=O) groups is 2. The summed E-state index contributed by atoms with van der Waals surface area (Å²) in [6, 6.07) is 13.5. The lowest BCUT2D eigenvalue weighted by Crippen LogP contribution is -2.38. The zero-order valence-electron chi connectivity index (χ0n) is 20.4. The maximum absolute atomic E-state index is 13.2. The molecule has 0 aliphatic carbocycles. The fourth-order valence-electron chi connectivity index (χ4n) is 4.14. The van der Waals surface area contributed by atoms with Crippen molar-refractivity contribution in [2.75, 3.05) is 39.9 Å². The van der Waals surface area contributed by atoms with Crippen molar-refractivity contribution in [3.63, 3.8) is 0 Å². The molecular weight excluding hydrogens is 432 g/mol. The summed E-state index contributed by atoms with van der Waals surface area (Å²) in [6.45, 7) is 9.41. The molecule has 1 atom stereocenters. The monoisotopic (exact) mass is 466 g/mol. The number of amides is 1. The van der Waals surface area contributed by atoms with Crippen LogP contribution in [0.15, 0.2) is 54.1 Å². The van der Waals surface area contributed by atoms with E-state index in [1.807, 2.05) is 31.2 Å². The average Bonchev–Trinajstić information content (AvgIpc) is 3.13. The van der Waals surface area contributed by atoms with Gasteiger partial charge in [-0.1, -0.05) is 32.9 Å². The Morgan fingerprint density at radius 1 is 1.03 bits per heavy atom. The van der Waals surface area contributed by atoms with Crippen LogP contribution in [0.4, 0.5) is 0 Å². The Balaban J connectivity index is 2.08. The van der Waals surface area contributed by atoms with Gasteiger partial charge in [0.05, 0.1) is 25.3 Å². The summed E-state index contributed by atoms with van der Waals surface area (Å²) in [5.74, 6) is -0.187. The minimum absolute atomic E-state index is 0.0855. The van der Waals surface area contributed by atoms with Crippen molar-refractivity contribution in [2.45, 2.75) is 33.2 Å². The average molecular weight is 467 g/mol. The number of aliphatic hydroxyl groups excluding tert-OH is 1. The Bertz CT molecular complexity index is 1030. The van der Waals surface area contributed by atoms with Gasteiger partial charge in [0.15, 0.2) is 0 Å². The Kier molecular flexibility index (Phi) is 8.71. The molecule has 182 valence electrons. The molecule has 0 radical (unpaired) electrons. The van der Waals surface area contributed by atoms with Gasteiger partial charge in [-0.2, -0.15) is 0 Å². The Morgan fingerprint density at radius 3 is 2.35 bits per heavy atom. The lowest BCUT2D eigenvalue weighted by atomic mass is 9.95. The molecule has 0 bridgehead atoms. The molecular formula is C27H34N2O5. The van der Waals surface area contributed by atoms with E-state index in [0.29, 0.717) is 36.8 Å². The van der Waals surface area contributed by atoms with Gasteiger partial charge in [0, 0.05) is 18.7 Å². The number of ether oxygens (including phenoxy) is 2. The molecule has 2 aromatic carbocycles. The van der Waals surface area contributed by atoms with Gasteiger partial charge in [-0.05, 0) is 61.5 Å². The number of hydrogen-bond acceptors (Lipinski definition) is 6. The second-order valence-electron chi connectivity index (χ2n) is 8.17. The summed E-state index contributed by atoms with van der Waals surface area (Å²) in [7, 11) is 1.56. The van der Waals surface area contributed by atoms with Gasteiger partial charge >= 0.3 is 0 Å². The molecule has 3 rings (SSSR count). The number of methoxy groups -OCH3 is 1. The Morgan fingerprint density at radius 2 is 1.74 bits per heavy atom. The first kappa shape index (κ1) is 25.3. The predicted octanol–water partition coefficient (Wildman–Crippen LogP) is 4.25. The van der Waals surface area contributed by atoms with Gasteiger partial charge < -0.3 is 24.4 Å². The van der Waals surface area contributed by atoms with E-state index < -0.39 is 17.7 Å². The van der Waals surface area contributed by atoms with Gasteiger partial charge in [0.25, 0.3) is 11.7 Å². The second kappa shape index (κ2) is 11.7. The minimum atomic E-state index is -0.706. The fraction of sp³-hybridized carbons (Fsp3) is 0.407. The normalized spacial score (nSPS) is 17.4. The van der Waals surface area contributed by atoms with Crippen LogP contribution in [0.5, 0.6) is 11.5 Å². The van der Waals surface area contributed by atoms with Crippen LogP contribution >= 0.6 is 0 Å². The number of rotatable bonds is 11. The number of aliphatic hydroxyl groups is 1. The van der Waals surface area contributed by atoms with Crippen molar-refractivity contribution in [3.05, 3.63) is 65.2 Å². The van der Waals surface area contributed by atoms with E-state index in [2.05, 4.69) is 18.7 Å². The number of likely N-dealkylation sites (N-methyl/N-ethyl adjacent to an activating group) is 1. The van der Waals surface area contributed by atoms with Crippen LogP contribution in [0.2, 0.25) is 0 Å². The standard InChI is InChI=1S/C27H34N2O5/c1-5-17-34-22-10-8-9-20(18-22)24-23(25(30)19-11-13-21(33-4)14-12-19)26(31)27(32)29(24)16-15-28(6-2)7-3/h8-14,18,24,30H,5-7,15-17H2,1-4H3/t24-/m1/s1. The zero-order chi connectivity index (χ0) is 24.7. The third-order valence-corrected chi connectivity index (χ3v) is 6.10. The largest absolute Gasteiger partial charge is 0.507 e. The number of likely N-dealkylation sites (tertiary alicyclic amines) is 1. The fourth-order valence-corrected chi connectivity index (χ4v) is 4.14. The van der Waals surface area contributed by atoms with Crippen molar-refractivity contribution in [3.8, 4) is 11.5 Å². The molecule has 0 unspecified atom stereocenters. The summed E-state index contributed by atoms with van der Waals surface area (Å²) in [5, 5.41) is 11.2. The van der Waals surface area contributed by atoms with Crippen LogP contribution in [-0.4, -0.2) is 66.5 Å². The van der Waals surface area contributed by atoms with Crippen LogP contribution in [0.3, 0.4) is 0 Å². The van der Waals surface area contributed by atoms with Crippen LogP contribution in [0.25, 0.3) is 5.76 Å². The molecule has 1 aliphatic rings. The van der Waals surface area contributed by atoms with E-state index in [1.165, 1.54) is 0 Å². The SMILES string of the molecule is CCCOc1cccc([C@@H]2C(=C(O)c3ccc(OC)cc3)C(=O)C(=O)N2CCN(CC)CC)c1. The van der Waals surface area contributed by atoms with Crippen molar-refractivity contribution in [1.82, 2.24) is 9.80 Å². The van der Waals surface area contributed by atoms with Gasteiger partial charge in [-0.25, -0.2) is 0 Å². The summed E-state index contributed by atoms with van der Waals surface area (Å²) in [4.78, 5) is 30.1. The van der Waals surface area contributed by atoms with Crippen molar-refractivity contribution in [2.24, 2.45) is 0 Å². The smallest absolute Gasteiger partial charge is 0.295 e. The van der Waals surface area contributed by atoms with E-state index in [1.54, 1.807) is 36.3 Å². The summed E-state index contributed by atoms with van der Waals surface area (Å²) in [6.07, 6.45) is 0.865. The maximum Gasteiger partial charge on any atom is 0.295 e. The van der Waals surface area contributed by atoms with Crippen LogP contribution in [0, 0.1) is 0 Å². The van der Waals surface area contributed by atoms with Crippen molar-refractivity contribution in [1.29, 1.82) is 0 Å². The van der Waals surface area contributed by atoms with Crippen LogP contribution < -0.4 is 9.47 Å². The topological polar surface area (TPSA) is 79.3 Å².